The van der Waals surface area contributed by atoms with Crippen molar-refractivity contribution in [2.24, 2.45) is 5.92 Å². The smallest absolute Gasteiger partial charge is 0.389 e. The van der Waals surface area contributed by atoms with Crippen molar-refractivity contribution in [2.75, 3.05) is 0 Å². The van der Waals surface area contributed by atoms with E-state index >= 15 is 0 Å². The maximum absolute atomic E-state index is 13.9. The van der Waals surface area contributed by atoms with Crippen LogP contribution in [0.25, 0.3) is 11.0 Å². The second-order valence-electron chi connectivity index (χ2n) is 10.6. The van der Waals surface area contributed by atoms with Crippen LogP contribution >= 0.6 is 0 Å². The molecule has 1 aliphatic carbocycles. The molecule has 2 amide bonds. The molecule has 1 saturated carbocycles. The summed E-state index contributed by atoms with van der Waals surface area (Å²) in [5.41, 5.74) is 1.40. The summed E-state index contributed by atoms with van der Waals surface area (Å²) in [6.07, 6.45) is -13.6. The number of nitrogens with zero attached hydrogens (tertiary/aromatic N) is 3. The Morgan fingerprint density at radius 1 is 1.05 bits per heavy atom. The van der Waals surface area contributed by atoms with Crippen LogP contribution in [0.2, 0.25) is 0 Å². The van der Waals surface area contributed by atoms with E-state index in [9.17, 15) is 44.7 Å². The van der Waals surface area contributed by atoms with Gasteiger partial charge in [-0.25, -0.2) is 13.8 Å². The Bertz CT molecular complexity index is 1420. The van der Waals surface area contributed by atoms with E-state index in [0.29, 0.717) is 16.6 Å². The normalized spacial score (nSPS) is 17.5. The van der Waals surface area contributed by atoms with Crippen LogP contribution in [0.3, 0.4) is 0 Å². The first-order chi connectivity index (χ1) is 20.0. The van der Waals surface area contributed by atoms with Crippen molar-refractivity contribution in [1.29, 1.82) is 0 Å². The number of H-pyrrole nitrogens is 1. The number of aryl methyl sites for hydroxylation is 1. The molecule has 0 unspecified atom stereocenters. The van der Waals surface area contributed by atoms with Crippen molar-refractivity contribution in [1.82, 2.24) is 30.8 Å². The number of fused-ring (bicyclic) bond motifs is 1. The summed E-state index contributed by atoms with van der Waals surface area (Å²) in [6, 6.07) is 3.21. The highest BCUT2D eigenvalue weighted by Crippen LogP contribution is 2.41. The number of amides is 2. The first kappa shape index (κ1) is 32.1. The van der Waals surface area contributed by atoms with Gasteiger partial charge in [0, 0.05) is 25.7 Å². The van der Waals surface area contributed by atoms with Gasteiger partial charge in [-0.3, -0.25) is 9.59 Å². The molecule has 0 aliphatic heterocycles. The van der Waals surface area contributed by atoms with Gasteiger partial charge in [0.05, 0.1) is 36.0 Å². The third-order valence-corrected chi connectivity index (χ3v) is 7.14. The van der Waals surface area contributed by atoms with Crippen LogP contribution in [0, 0.1) is 5.92 Å². The third-order valence-electron chi connectivity index (χ3n) is 7.14. The molecule has 3 N–H and O–H groups in total. The van der Waals surface area contributed by atoms with E-state index in [0.717, 1.165) is 0 Å². The zero-order chi connectivity index (χ0) is 31.6. The number of hydrogen-bond donors (Lipinski definition) is 3. The number of imidazole rings is 1. The van der Waals surface area contributed by atoms with Crippen LogP contribution in [-0.2, 0) is 11.2 Å². The first-order valence-corrected chi connectivity index (χ1v) is 13.4. The summed E-state index contributed by atoms with van der Waals surface area (Å²) in [5.74, 6) is -5.87. The van der Waals surface area contributed by atoms with Gasteiger partial charge in [0.15, 0.2) is 0 Å². The van der Waals surface area contributed by atoms with Gasteiger partial charge in [-0.2, -0.15) is 26.3 Å². The van der Waals surface area contributed by atoms with Gasteiger partial charge in [-0.1, -0.05) is 6.07 Å². The number of halogens is 8. The van der Waals surface area contributed by atoms with E-state index in [4.69, 9.17) is 4.42 Å². The molecule has 2 aromatic heterocycles. The molecule has 0 spiro atoms. The molecule has 17 heteroatoms. The summed E-state index contributed by atoms with van der Waals surface area (Å²) in [7, 11) is 0. The fourth-order valence-corrected chi connectivity index (χ4v) is 4.82. The number of rotatable bonds is 10. The summed E-state index contributed by atoms with van der Waals surface area (Å²) < 4.78 is 108. The van der Waals surface area contributed by atoms with Crippen LogP contribution < -0.4 is 10.6 Å². The number of carbonyl (C=O) groups is 2. The van der Waals surface area contributed by atoms with Crippen molar-refractivity contribution in [2.45, 2.75) is 88.6 Å². The van der Waals surface area contributed by atoms with E-state index in [1.807, 2.05) is 0 Å². The number of nitrogens with one attached hydrogen (secondary N) is 3. The lowest BCUT2D eigenvalue weighted by Crippen LogP contribution is -2.37. The molecular weight excluding hydrogens is 596 g/mol. The van der Waals surface area contributed by atoms with Gasteiger partial charge in [0.1, 0.15) is 5.82 Å². The molecule has 3 aromatic rings. The average molecular weight is 625 g/mol. The predicted molar refractivity (Wildman–Crippen MR) is 134 cm³/mol. The van der Waals surface area contributed by atoms with Gasteiger partial charge >= 0.3 is 24.2 Å². The van der Waals surface area contributed by atoms with Gasteiger partial charge in [-0.05, 0) is 43.4 Å². The summed E-state index contributed by atoms with van der Waals surface area (Å²) in [4.78, 5) is 32.4. The van der Waals surface area contributed by atoms with E-state index in [2.05, 4.69) is 30.8 Å². The Hall–Kier alpha value is -3.79. The first-order valence-electron chi connectivity index (χ1n) is 13.4. The average Bonchev–Trinajstić information content (AvgIpc) is 3.55. The number of hydrogen-bond acceptors (Lipinski definition) is 6. The maximum Gasteiger partial charge on any atom is 0.389 e. The molecule has 236 valence electrons. The minimum absolute atomic E-state index is 0.0297. The summed E-state index contributed by atoms with van der Waals surface area (Å²) >= 11 is 0. The van der Waals surface area contributed by atoms with Crippen molar-refractivity contribution < 1.29 is 49.1 Å². The fourth-order valence-electron chi connectivity index (χ4n) is 4.82. The quantitative estimate of drug-likeness (QED) is 0.229. The summed E-state index contributed by atoms with van der Waals surface area (Å²) in [6.45, 7) is 1.59. The van der Waals surface area contributed by atoms with Gasteiger partial charge in [0.25, 0.3) is 0 Å². The largest absolute Gasteiger partial charge is 0.417 e. The monoisotopic (exact) mass is 624 g/mol. The van der Waals surface area contributed by atoms with Crippen molar-refractivity contribution >= 4 is 22.8 Å². The van der Waals surface area contributed by atoms with Crippen LogP contribution in [0.5, 0.6) is 0 Å². The van der Waals surface area contributed by atoms with Gasteiger partial charge in [0.2, 0.25) is 17.7 Å². The molecule has 2 heterocycles. The number of aromatic nitrogens is 4. The molecular formula is C26H28F8N6O3. The second-order valence-corrected chi connectivity index (χ2v) is 10.6. The Kier molecular flexibility index (Phi) is 9.30. The van der Waals surface area contributed by atoms with E-state index in [1.54, 1.807) is 25.1 Å². The maximum atomic E-state index is 13.9. The molecule has 2 atom stereocenters. The SMILES string of the molecule is C[C@@H](NC(=O)CCC(F)(F)F)c1ccc2nc([C@@H](NC(=O)c3nnc(CCC(F)(F)F)o3)C3CCC(F)(F)CC3)[nH]c2c1. The molecule has 9 nitrogen and oxygen atoms in total. The van der Waals surface area contributed by atoms with Gasteiger partial charge < -0.3 is 20.0 Å². The Labute approximate surface area is 239 Å². The molecule has 0 bridgehead atoms. The van der Waals surface area contributed by atoms with Crippen molar-refractivity contribution in [3.63, 3.8) is 0 Å². The molecule has 1 fully saturated rings. The van der Waals surface area contributed by atoms with E-state index in [1.165, 1.54) is 0 Å². The highest BCUT2D eigenvalue weighted by atomic mass is 19.4. The topological polar surface area (TPSA) is 126 Å². The van der Waals surface area contributed by atoms with Crippen LogP contribution in [0.1, 0.15) is 91.9 Å². The number of alkyl halides is 8. The lowest BCUT2D eigenvalue weighted by Gasteiger charge is -2.33. The van der Waals surface area contributed by atoms with Crippen molar-refractivity contribution in [3.8, 4) is 0 Å². The Morgan fingerprint density at radius 2 is 1.72 bits per heavy atom. The zero-order valence-corrected chi connectivity index (χ0v) is 22.7. The highest BCUT2D eigenvalue weighted by molar-refractivity contribution is 5.89. The number of aromatic amines is 1. The van der Waals surface area contributed by atoms with E-state index in [-0.39, 0.29) is 18.7 Å². The van der Waals surface area contributed by atoms with Crippen LogP contribution in [0.15, 0.2) is 22.6 Å². The molecule has 0 saturated heterocycles. The Balaban J connectivity index is 1.53. The molecule has 1 aromatic carbocycles. The van der Waals surface area contributed by atoms with E-state index < -0.39 is 98.4 Å². The van der Waals surface area contributed by atoms with Crippen LogP contribution in [0.4, 0.5) is 35.1 Å². The second kappa shape index (κ2) is 12.4. The molecule has 43 heavy (non-hydrogen) atoms. The predicted octanol–water partition coefficient (Wildman–Crippen LogP) is 6.26. The minimum Gasteiger partial charge on any atom is -0.417 e. The molecule has 4 rings (SSSR count). The van der Waals surface area contributed by atoms with Crippen molar-refractivity contribution in [3.05, 3.63) is 41.4 Å². The van der Waals surface area contributed by atoms with Gasteiger partial charge in [-0.15, -0.1) is 10.2 Å². The highest BCUT2D eigenvalue weighted by Gasteiger charge is 2.40. The number of benzene rings is 1. The molecule has 1 aliphatic rings. The fraction of sp³-hybridized carbons (Fsp3) is 0.577. The minimum atomic E-state index is -4.47. The zero-order valence-electron chi connectivity index (χ0n) is 22.7. The lowest BCUT2D eigenvalue weighted by atomic mass is 9.81. The number of carbonyl (C=O) groups excluding carboxylic acids is 2. The lowest BCUT2D eigenvalue weighted by molar-refractivity contribution is -0.144. The Morgan fingerprint density at radius 3 is 2.37 bits per heavy atom. The third kappa shape index (κ3) is 9.10. The summed E-state index contributed by atoms with van der Waals surface area (Å²) in [5, 5.41) is 12.1. The molecule has 0 radical (unpaired) electrons. The standard InChI is InChI=1S/C26H28F8N6O3/c1-13(35-18(41)6-10-25(29,30)31)15-2-3-16-17(12-15)37-21(36-16)20(14-4-8-24(27,28)9-5-14)38-22(42)23-40-39-19(43-23)7-11-26(32,33)34/h2-3,12-14,20H,4-11H2,1H3,(H,35,41)(H,36,37)(H,38,42)/t13-,20+/m1/s1. The van der Waals surface area contributed by atoms with Crippen LogP contribution in [-0.4, -0.2) is 50.3 Å².